The van der Waals surface area contributed by atoms with E-state index in [0.717, 1.165) is 57.2 Å². The van der Waals surface area contributed by atoms with Crippen molar-refractivity contribution in [2.75, 3.05) is 6.61 Å². The van der Waals surface area contributed by atoms with Crippen LogP contribution in [-0.4, -0.2) is 31.3 Å². The van der Waals surface area contributed by atoms with Crippen LogP contribution in [0, 0.1) is 0 Å². The van der Waals surface area contributed by atoms with Gasteiger partial charge in [0, 0.05) is 18.5 Å². The van der Waals surface area contributed by atoms with Gasteiger partial charge in [-0.3, -0.25) is 13.9 Å². The largest absolute Gasteiger partial charge is 0.371 e. The Bertz CT molecular complexity index is 1000. The van der Waals surface area contributed by atoms with Crippen molar-refractivity contribution in [3.63, 3.8) is 0 Å². The second-order valence-corrected chi connectivity index (χ2v) is 8.74. The number of aromatic amines is 1. The summed E-state index contributed by atoms with van der Waals surface area (Å²) in [7, 11) is 0. The Morgan fingerprint density at radius 1 is 1.07 bits per heavy atom. The average Bonchev–Trinajstić information content (AvgIpc) is 3.20. The van der Waals surface area contributed by atoms with Gasteiger partial charge in [-0.15, -0.1) is 6.58 Å². The zero-order valence-electron chi connectivity index (χ0n) is 17.6. The van der Waals surface area contributed by atoms with Gasteiger partial charge in [0.1, 0.15) is 11.3 Å². The minimum Gasteiger partial charge on any atom is -0.371 e. The van der Waals surface area contributed by atoms with E-state index in [1.165, 1.54) is 4.57 Å². The van der Waals surface area contributed by atoms with Crippen LogP contribution in [0.5, 0.6) is 0 Å². The maximum Gasteiger partial charge on any atom is 0.332 e. The molecule has 0 amide bonds. The molecule has 0 spiro atoms. The fraction of sp³-hybridized carbons (Fsp3) is 0.682. The molecule has 3 aliphatic rings. The van der Waals surface area contributed by atoms with Crippen molar-refractivity contribution >= 4 is 11.2 Å². The molecule has 2 aromatic rings. The van der Waals surface area contributed by atoms with Crippen LogP contribution in [0.1, 0.15) is 71.0 Å². The summed E-state index contributed by atoms with van der Waals surface area (Å²) >= 11 is 0. The van der Waals surface area contributed by atoms with Gasteiger partial charge < -0.3 is 9.72 Å². The maximum absolute atomic E-state index is 13.0. The number of aromatic nitrogens is 4. The summed E-state index contributed by atoms with van der Waals surface area (Å²) in [6, 6.07) is 0. The van der Waals surface area contributed by atoms with Gasteiger partial charge in [-0.2, -0.15) is 0 Å². The number of imidazole rings is 1. The molecule has 3 fully saturated rings. The number of nitrogens with one attached hydrogen (secondary N) is 1. The van der Waals surface area contributed by atoms with E-state index >= 15 is 0 Å². The highest BCUT2D eigenvalue weighted by atomic mass is 16.5. The second kappa shape index (κ2) is 7.59. The van der Waals surface area contributed by atoms with Crippen molar-refractivity contribution < 1.29 is 4.74 Å². The number of hydrogen-bond acceptors (Lipinski definition) is 4. The molecule has 0 atom stereocenters. The van der Waals surface area contributed by atoms with E-state index in [1.807, 2.05) is 19.9 Å². The molecule has 3 saturated carbocycles. The summed E-state index contributed by atoms with van der Waals surface area (Å²) in [6.07, 6.45) is 9.35. The van der Waals surface area contributed by atoms with Gasteiger partial charge in [0.05, 0.1) is 12.2 Å². The highest BCUT2D eigenvalue weighted by Crippen LogP contribution is 2.54. The first-order valence-electron chi connectivity index (χ1n) is 11.0. The average molecular weight is 401 g/mol. The minimum absolute atomic E-state index is 0.0277. The predicted octanol–water partition coefficient (Wildman–Crippen LogP) is 3.25. The van der Waals surface area contributed by atoms with Gasteiger partial charge in [-0.25, -0.2) is 9.78 Å². The molecule has 0 aliphatic heterocycles. The zero-order chi connectivity index (χ0) is 20.6. The summed E-state index contributed by atoms with van der Waals surface area (Å²) in [5.74, 6) is 0.875. The molecule has 2 bridgehead atoms. The van der Waals surface area contributed by atoms with Crippen LogP contribution in [0.4, 0.5) is 0 Å². The lowest BCUT2D eigenvalue weighted by Gasteiger charge is -2.52. The van der Waals surface area contributed by atoms with Crippen molar-refractivity contribution in [1.29, 1.82) is 0 Å². The van der Waals surface area contributed by atoms with E-state index in [1.54, 1.807) is 4.57 Å². The quantitative estimate of drug-likeness (QED) is 0.690. The van der Waals surface area contributed by atoms with Gasteiger partial charge in [-0.1, -0.05) is 19.9 Å². The molecule has 0 saturated heterocycles. The third-order valence-corrected chi connectivity index (χ3v) is 6.94. The van der Waals surface area contributed by atoms with E-state index in [9.17, 15) is 9.59 Å². The topological polar surface area (TPSA) is 81.9 Å². The number of rotatable bonds is 8. The molecular weight excluding hydrogens is 368 g/mol. The number of nitrogens with zero attached hydrogens (tertiary/aromatic N) is 3. The third kappa shape index (κ3) is 3.19. The van der Waals surface area contributed by atoms with Crippen molar-refractivity contribution in [1.82, 2.24) is 19.1 Å². The molecule has 0 radical (unpaired) electrons. The van der Waals surface area contributed by atoms with Gasteiger partial charge in [0.2, 0.25) is 0 Å². The molecule has 0 unspecified atom stereocenters. The smallest absolute Gasteiger partial charge is 0.332 e. The summed E-state index contributed by atoms with van der Waals surface area (Å²) < 4.78 is 9.16. The highest BCUT2D eigenvalue weighted by Gasteiger charge is 2.51. The van der Waals surface area contributed by atoms with Crippen LogP contribution in [0.2, 0.25) is 0 Å². The Morgan fingerprint density at radius 3 is 2.28 bits per heavy atom. The van der Waals surface area contributed by atoms with Gasteiger partial charge in [0.15, 0.2) is 5.65 Å². The molecular formula is C22H32N4O3. The molecule has 29 heavy (non-hydrogen) atoms. The van der Waals surface area contributed by atoms with E-state index in [2.05, 4.69) is 11.6 Å². The summed E-state index contributed by atoms with van der Waals surface area (Å²) in [4.78, 5) is 34.2. The Kier molecular flexibility index (Phi) is 5.27. The van der Waals surface area contributed by atoms with E-state index in [-0.39, 0.29) is 22.3 Å². The van der Waals surface area contributed by atoms with Crippen molar-refractivity contribution in [3.8, 4) is 0 Å². The van der Waals surface area contributed by atoms with Crippen LogP contribution in [0.15, 0.2) is 22.2 Å². The lowest BCUT2D eigenvalue weighted by Crippen LogP contribution is -2.50. The Morgan fingerprint density at radius 2 is 1.69 bits per heavy atom. The molecule has 2 heterocycles. The van der Waals surface area contributed by atoms with Gasteiger partial charge in [0.25, 0.3) is 5.56 Å². The Labute approximate surface area is 170 Å². The van der Waals surface area contributed by atoms with Crippen LogP contribution < -0.4 is 11.2 Å². The van der Waals surface area contributed by atoms with Crippen LogP contribution >= 0.6 is 0 Å². The Balaban J connectivity index is 1.76. The third-order valence-electron chi connectivity index (χ3n) is 6.94. The van der Waals surface area contributed by atoms with E-state index < -0.39 is 0 Å². The van der Waals surface area contributed by atoms with E-state index in [4.69, 9.17) is 9.72 Å². The van der Waals surface area contributed by atoms with Gasteiger partial charge >= 0.3 is 5.69 Å². The lowest BCUT2D eigenvalue weighted by atomic mass is 9.58. The lowest BCUT2D eigenvalue weighted by molar-refractivity contribution is -0.110. The van der Waals surface area contributed by atoms with Crippen molar-refractivity contribution in [2.45, 2.75) is 89.3 Å². The first kappa shape index (κ1) is 20.1. The predicted molar refractivity (Wildman–Crippen MR) is 113 cm³/mol. The minimum atomic E-state index is -0.246. The molecule has 7 heteroatoms. The first-order chi connectivity index (χ1) is 14.0. The van der Waals surface area contributed by atoms with Crippen LogP contribution in [0.3, 0.4) is 0 Å². The number of H-pyrrole nitrogens is 1. The van der Waals surface area contributed by atoms with Crippen molar-refractivity contribution in [3.05, 3.63) is 39.3 Å². The van der Waals surface area contributed by atoms with Crippen LogP contribution in [0.25, 0.3) is 11.2 Å². The normalized spacial score (nSPS) is 26.3. The number of fused-ring (bicyclic) bond motifs is 4. The molecule has 158 valence electrons. The molecule has 2 aromatic heterocycles. The zero-order valence-corrected chi connectivity index (χ0v) is 17.6. The van der Waals surface area contributed by atoms with Gasteiger partial charge in [-0.05, 0) is 51.4 Å². The fourth-order valence-electron chi connectivity index (χ4n) is 5.22. The number of aryl methyl sites for hydroxylation is 1. The first-order valence-corrected chi connectivity index (χ1v) is 11.0. The molecule has 7 nitrogen and oxygen atoms in total. The molecule has 5 rings (SSSR count). The number of ether oxygens (including phenoxy) is 1. The standard InChI is InChI=1S/C22H32N4O3/c1-4-13-25-17-16(18(27)26(14-5-2)20(25)28)23-19(24-17)21-7-10-22(11-8-21,12-9-21)29-15-6-3/h6H,3-5,7-15H2,1-2H3,(H,23,24). The molecule has 1 N–H and O–H groups in total. The monoisotopic (exact) mass is 400 g/mol. The SMILES string of the molecule is C=CCOC12CCC(c3nc4c([nH]3)c(=O)n(CCC)c(=O)n4CCC)(CC1)CC2. The summed E-state index contributed by atoms with van der Waals surface area (Å²) in [5.41, 5.74) is 0.425. The van der Waals surface area contributed by atoms with Crippen molar-refractivity contribution in [2.24, 2.45) is 0 Å². The maximum atomic E-state index is 13.0. The van der Waals surface area contributed by atoms with E-state index in [0.29, 0.717) is 30.9 Å². The highest BCUT2D eigenvalue weighted by molar-refractivity contribution is 5.70. The van der Waals surface area contributed by atoms with Crippen LogP contribution in [-0.2, 0) is 23.2 Å². The summed E-state index contributed by atoms with van der Waals surface area (Å²) in [5, 5.41) is 0. The Hall–Kier alpha value is -2.15. The number of hydrogen-bond donors (Lipinski definition) is 1. The molecule has 0 aromatic carbocycles. The fourth-order valence-corrected chi connectivity index (χ4v) is 5.22. The second-order valence-electron chi connectivity index (χ2n) is 8.74. The molecule has 3 aliphatic carbocycles. The summed E-state index contributed by atoms with van der Waals surface area (Å²) in [6.45, 7) is 9.37.